The first-order valence-corrected chi connectivity index (χ1v) is 7.62. The molecule has 1 rings (SSSR count). The van der Waals surface area contributed by atoms with Crippen molar-refractivity contribution in [3.8, 4) is 0 Å². The van der Waals surface area contributed by atoms with Crippen molar-refractivity contribution < 1.29 is 5.11 Å². The van der Waals surface area contributed by atoms with Crippen LogP contribution in [0.5, 0.6) is 0 Å². The summed E-state index contributed by atoms with van der Waals surface area (Å²) in [7, 11) is 0. The molecule has 2 atom stereocenters. The topological polar surface area (TPSA) is 92.0 Å². The molecule has 1 aromatic heterocycles. The van der Waals surface area contributed by atoms with Crippen LogP contribution in [-0.4, -0.2) is 33.0 Å². The van der Waals surface area contributed by atoms with E-state index in [1.807, 2.05) is 6.92 Å². The SMILES string of the molecule is CCCc1cc(=O)[nH]c(SC(CO)C(N)CCC)n1. The maximum absolute atomic E-state index is 11.5. The molecule has 0 aliphatic rings. The van der Waals surface area contributed by atoms with Crippen molar-refractivity contribution in [1.82, 2.24) is 9.97 Å². The lowest BCUT2D eigenvalue weighted by Gasteiger charge is -2.20. The lowest BCUT2D eigenvalue weighted by Crippen LogP contribution is -2.35. The smallest absolute Gasteiger partial charge is 0.251 e. The molecule has 0 spiro atoms. The fourth-order valence-corrected chi connectivity index (χ4v) is 2.85. The highest BCUT2D eigenvalue weighted by Crippen LogP contribution is 2.22. The third-order valence-electron chi connectivity index (χ3n) is 2.82. The number of nitrogens with zero attached hydrogens (tertiary/aromatic N) is 1. The van der Waals surface area contributed by atoms with Crippen LogP contribution in [-0.2, 0) is 6.42 Å². The van der Waals surface area contributed by atoms with Crippen molar-refractivity contribution in [2.24, 2.45) is 5.73 Å². The minimum absolute atomic E-state index is 0.0203. The number of aryl methyl sites for hydroxylation is 1. The highest BCUT2D eigenvalue weighted by Gasteiger charge is 2.19. The summed E-state index contributed by atoms with van der Waals surface area (Å²) in [6, 6.07) is 1.42. The third kappa shape index (κ3) is 5.34. The van der Waals surface area contributed by atoms with E-state index < -0.39 is 0 Å². The molecule has 0 saturated carbocycles. The minimum Gasteiger partial charge on any atom is -0.395 e. The highest BCUT2D eigenvalue weighted by molar-refractivity contribution is 7.99. The van der Waals surface area contributed by atoms with Gasteiger partial charge in [-0.1, -0.05) is 38.5 Å². The van der Waals surface area contributed by atoms with Gasteiger partial charge in [0.2, 0.25) is 0 Å². The van der Waals surface area contributed by atoms with Crippen LogP contribution < -0.4 is 11.3 Å². The van der Waals surface area contributed by atoms with Crippen LogP contribution in [0.1, 0.15) is 38.8 Å². The molecule has 1 heterocycles. The molecule has 0 aromatic carbocycles. The first kappa shape index (κ1) is 16.2. The average Bonchev–Trinajstić information content (AvgIpc) is 2.36. The highest BCUT2D eigenvalue weighted by atomic mass is 32.2. The summed E-state index contributed by atoms with van der Waals surface area (Å²) >= 11 is 1.35. The van der Waals surface area contributed by atoms with Gasteiger partial charge in [-0.05, 0) is 12.8 Å². The van der Waals surface area contributed by atoms with Crippen LogP contribution in [0.2, 0.25) is 0 Å². The summed E-state index contributed by atoms with van der Waals surface area (Å²) in [4.78, 5) is 18.6. The van der Waals surface area contributed by atoms with Gasteiger partial charge in [-0.2, -0.15) is 0 Å². The zero-order valence-corrected chi connectivity index (χ0v) is 12.4. The largest absolute Gasteiger partial charge is 0.395 e. The molecule has 0 bridgehead atoms. The average molecular weight is 285 g/mol. The molecule has 0 aliphatic carbocycles. The third-order valence-corrected chi connectivity index (χ3v) is 4.04. The molecule has 0 saturated heterocycles. The van der Waals surface area contributed by atoms with Gasteiger partial charge in [0.05, 0.1) is 11.9 Å². The van der Waals surface area contributed by atoms with E-state index in [-0.39, 0.29) is 23.5 Å². The van der Waals surface area contributed by atoms with Crippen LogP contribution in [0.4, 0.5) is 0 Å². The molecule has 0 aliphatic heterocycles. The summed E-state index contributed by atoms with van der Waals surface area (Å²) in [5.41, 5.74) is 6.66. The molecule has 19 heavy (non-hydrogen) atoms. The van der Waals surface area contributed by atoms with Crippen molar-refractivity contribution in [3.63, 3.8) is 0 Å². The van der Waals surface area contributed by atoms with E-state index in [1.165, 1.54) is 17.8 Å². The number of aromatic nitrogens is 2. The number of nitrogens with two attached hydrogens (primary N) is 1. The number of aliphatic hydroxyl groups is 1. The quantitative estimate of drug-likeness (QED) is 0.494. The summed E-state index contributed by atoms with van der Waals surface area (Å²) in [6.45, 7) is 4.08. The van der Waals surface area contributed by atoms with Crippen molar-refractivity contribution >= 4 is 11.8 Å². The van der Waals surface area contributed by atoms with Crippen molar-refractivity contribution in [1.29, 1.82) is 0 Å². The maximum Gasteiger partial charge on any atom is 0.251 e. The standard InChI is InChI=1S/C13H23N3O2S/c1-3-5-9-7-12(18)16-13(15-9)19-11(8-17)10(14)6-4-2/h7,10-11,17H,3-6,8,14H2,1-2H3,(H,15,16,18). The van der Waals surface area contributed by atoms with E-state index in [9.17, 15) is 9.90 Å². The molecule has 6 heteroatoms. The first-order chi connectivity index (χ1) is 9.10. The Hall–Kier alpha value is -0.850. The molecular weight excluding hydrogens is 262 g/mol. The number of nitrogens with one attached hydrogen (secondary N) is 1. The number of hydrogen-bond acceptors (Lipinski definition) is 5. The van der Waals surface area contributed by atoms with Gasteiger partial charge < -0.3 is 15.8 Å². The van der Waals surface area contributed by atoms with Crippen molar-refractivity contribution in [2.75, 3.05) is 6.61 Å². The van der Waals surface area contributed by atoms with Gasteiger partial charge in [0.1, 0.15) is 0 Å². The molecule has 0 fully saturated rings. The van der Waals surface area contributed by atoms with E-state index in [0.29, 0.717) is 5.16 Å². The summed E-state index contributed by atoms with van der Waals surface area (Å²) < 4.78 is 0. The Balaban J connectivity index is 2.81. The number of rotatable bonds is 8. The zero-order valence-electron chi connectivity index (χ0n) is 11.6. The van der Waals surface area contributed by atoms with Gasteiger partial charge in [0.25, 0.3) is 5.56 Å². The number of aromatic amines is 1. The van der Waals surface area contributed by atoms with E-state index in [0.717, 1.165) is 31.4 Å². The number of H-pyrrole nitrogens is 1. The van der Waals surface area contributed by atoms with Gasteiger partial charge in [0.15, 0.2) is 5.16 Å². The lowest BCUT2D eigenvalue weighted by molar-refractivity contribution is 0.279. The minimum atomic E-state index is -0.151. The number of thioether (sulfide) groups is 1. The molecule has 4 N–H and O–H groups in total. The van der Waals surface area contributed by atoms with E-state index in [1.54, 1.807) is 0 Å². The molecule has 2 unspecified atom stereocenters. The predicted octanol–water partition coefficient (Wildman–Crippen LogP) is 1.30. The van der Waals surface area contributed by atoms with Crippen LogP contribution in [0.15, 0.2) is 16.0 Å². The van der Waals surface area contributed by atoms with Gasteiger partial charge >= 0.3 is 0 Å². The lowest BCUT2D eigenvalue weighted by atomic mass is 10.1. The van der Waals surface area contributed by atoms with E-state index in [2.05, 4.69) is 16.9 Å². The van der Waals surface area contributed by atoms with Crippen molar-refractivity contribution in [3.05, 3.63) is 22.1 Å². The van der Waals surface area contributed by atoms with Gasteiger partial charge in [-0.15, -0.1) is 0 Å². The fourth-order valence-electron chi connectivity index (χ4n) is 1.85. The molecule has 5 nitrogen and oxygen atoms in total. The number of aliphatic hydroxyl groups excluding tert-OH is 1. The Kier molecular flexibility index (Phi) is 7.12. The van der Waals surface area contributed by atoms with Crippen molar-refractivity contribution in [2.45, 2.75) is 56.0 Å². The van der Waals surface area contributed by atoms with Crippen LogP contribution in [0, 0.1) is 0 Å². The normalized spacial score (nSPS) is 14.3. The Morgan fingerprint density at radius 1 is 1.47 bits per heavy atom. The van der Waals surface area contributed by atoms with E-state index >= 15 is 0 Å². The van der Waals surface area contributed by atoms with Gasteiger partial charge in [-0.25, -0.2) is 4.98 Å². The summed E-state index contributed by atoms with van der Waals surface area (Å²) in [6.07, 6.45) is 3.54. The Labute approximate surface area is 118 Å². The van der Waals surface area contributed by atoms with Gasteiger partial charge in [0, 0.05) is 17.8 Å². The summed E-state index contributed by atoms with van der Waals surface area (Å²) in [5.74, 6) is 0. The Morgan fingerprint density at radius 3 is 2.79 bits per heavy atom. The second kappa shape index (κ2) is 8.35. The fraction of sp³-hybridized carbons (Fsp3) is 0.692. The second-order valence-corrected chi connectivity index (χ2v) is 5.81. The molecule has 0 amide bonds. The molecule has 1 aromatic rings. The maximum atomic E-state index is 11.5. The van der Waals surface area contributed by atoms with Crippen LogP contribution in [0.3, 0.4) is 0 Å². The molecule has 108 valence electrons. The van der Waals surface area contributed by atoms with E-state index in [4.69, 9.17) is 5.73 Å². The number of hydrogen-bond donors (Lipinski definition) is 3. The monoisotopic (exact) mass is 285 g/mol. The van der Waals surface area contributed by atoms with Gasteiger partial charge in [-0.3, -0.25) is 4.79 Å². The Morgan fingerprint density at radius 2 is 2.21 bits per heavy atom. The zero-order chi connectivity index (χ0) is 14.3. The first-order valence-electron chi connectivity index (χ1n) is 6.74. The van der Waals surface area contributed by atoms with Crippen LogP contribution in [0.25, 0.3) is 0 Å². The van der Waals surface area contributed by atoms with Crippen LogP contribution >= 0.6 is 11.8 Å². The molecular formula is C13H23N3O2S. The summed E-state index contributed by atoms with van der Waals surface area (Å²) in [5, 5.41) is 9.81. The molecule has 0 radical (unpaired) electrons. The Bertz CT molecular complexity index is 436. The second-order valence-electron chi connectivity index (χ2n) is 4.58. The predicted molar refractivity (Wildman–Crippen MR) is 78.5 cm³/mol.